The Morgan fingerprint density at radius 3 is 2.64 bits per heavy atom. The van der Waals surface area contributed by atoms with Gasteiger partial charge in [0, 0.05) is 16.5 Å². The third-order valence-corrected chi connectivity index (χ3v) is 4.68. The second-order valence-electron chi connectivity index (χ2n) is 4.45. The molecule has 112 valence electrons. The Kier molecular flexibility index (Phi) is 4.35. The quantitative estimate of drug-likeness (QED) is 0.726. The first-order chi connectivity index (χ1) is 10.6. The fraction of sp³-hybridized carbons (Fsp3) is 0.0667. The Labute approximate surface area is 134 Å². The molecular weight excluding hydrogens is 324 g/mol. The molecule has 3 rings (SSSR count). The Balaban J connectivity index is 1.82. The van der Waals surface area contributed by atoms with Gasteiger partial charge in [-0.15, -0.1) is 11.3 Å². The van der Waals surface area contributed by atoms with E-state index < -0.39 is 11.6 Å². The molecule has 22 heavy (non-hydrogen) atoms. The van der Waals surface area contributed by atoms with Gasteiger partial charge in [-0.1, -0.05) is 17.8 Å². The van der Waals surface area contributed by atoms with E-state index in [1.54, 1.807) is 18.3 Å². The number of anilines is 2. The van der Waals surface area contributed by atoms with Gasteiger partial charge in [0.25, 0.3) is 0 Å². The highest BCUT2D eigenvalue weighted by molar-refractivity contribution is 7.99. The minimum atomic E-state index is -0.577. The Morgan fingerprint density at radius 2 is 1.95 bits per heavy atom. The summed E-state index contributed by atoms with van der Waals surface area (Å²) in [6, 6.07) is 7.26. The van der Waals surface area contributed by atoms with Crippen LogP contribution in [-0.4, -0.2) is 9.97 Å². The predicted octanol–water partition coefficient (Wildman–Crippen LogP) is 5.02. The van der Waals surface area contributed by atoms with Gasteiger partial charge in [0.1, 0.15) is 17.5 Å². The zero-order chi connectivity index (χ0) is 15.5. The van der Waals surface area contributed by atoms with Crippen molar-refractivity contribution in [1.29, 1.82) is 0 Å². The molecule has 0 saturated carbocycles. The Bertz CT molecular complexity index is 785. The highest BCUT2D eigenvalue weighted by Gasteiger charge is 2.11. The van der Waals surface area contributed by atoms with E-state index in [2.05, 4.69) is 15.3 Å². The van der Waals surface area contributed by atoms with Gasteiger partial charge in [-0.3, -0.25) is 0 Å². The molecule has 7 heteroatoms. The molecule has 0 fully saturated rings. The van der Waals surface area contributed by atoms with Crippen molar-refractivity contribution in [3.63, 3.8) is 0 Å². The second-order valence-corrected chi connectivity index (χ2v) is 6.39. The summed E-state index contributed by atoms with van der Waals surface area (Å²) in [4.78, 5) is 9.14. The summed E-state index contributed by atoms with van der Waals surface area (Å²) in [5.41, 5.74) is 0.923. The van der Waals surface area contributed by atoms with Crippen molar-refractivity contribution >= 4 is 34.0 Å². The molecule has 3 aromatic rings. The lowest BCUT2D eigenvalue weighted by Crippen LogP contribution is -1.93. The molecule has 3 nitrogen and oxygen atoms in total. The van der Waals surface area contributed by atoms with Crippen LogP contribution in [0.4, 0.5) is 19.7 Å². The van der Waals surface area contributed by atoms with Gasteiger partial charge in [0.15, 0.2) is 5.13 Å². The molecule has 0 bridgehead atoms. The average Bonchev–Trinajstić information content (AvgIpc) is 2.89. The van der Waals surface area contributed by atoms with Crippen molar-refractivity contribution in [3.8, 4) is 0 Å². The third-order valence-electron chi connectivity index (χ3n) is 2.72. The van der Waals surface area contributed by atoms with Crippen LogP contribution in [0.25, 0.3) is 0 Å². The maximum absolute atomic E-state index is 13.7. The number of aryl methyl sites for hydroxylation is 1. The number of hydrogen-bond donors (Lipinski definition) is 1. The SMILES string of the molecule is Cc1csc(Nc2cc(Sc3c(F)cccc3F)ccn2)n1. The molecule has 0 aliphatic carbocycles. The fourth-order valence-electron chi connectivity index (χ4n) is 1.76. The van der Waals surface area contributed by atoms with E-state index in [-0.39, 0.29) is 4.90 Å². The molecule has 1 N–H and O–H groups in total. The summed E-state index contributed by atoms with van der Waals surface area (Å²) in [6.45, 7) is 1.91. The Morgan fingerprint density at radius 1 is 1.18 bits per heavy atom. The maximum Gasteiger partial charge on any atom is 0.188 e. The van der Waals surface area contributed by atoms with E-state index in [0.29, 0.717) is 10.7 Å². The third kappa shape index (κ3) is 3.42. The van der Waals surface area contributed by atoms with E-state index in [9.17, 15) is 8.78 Å². The van der Waals surface area contributed by atoms with Crippen molar-refractivity contribution in [3.05, 3.63) is 59.2 Å². The lowest BCUT2D eigenvalue weighted by Gasteiger charge is -2.06. The van der Waals surface area contributed by atoms with Crippen LogP contribution < -0.4 is 5.32 Å². The van der Waals surface area contributed by atoms with Gasteiger partial charge in [-0.2, -0.15) is 0 Å². The summed E-state index contributed by atoms with van der Waals surface area (Å²) in [5, 5.41) is 5.73. The average molecular weight is 335 g/mol. The summed E-state index contributed by atoms with van der Waals surface area (Å²) < 4.78 is 27.4. The van der Waals surface area contributed by atoms with Crippen LogP contribution in [-0.2, 0) is 0 Å². The van der Waals surface area contributed by atoms with Crippen LogP contribution in [0.5, 0.6) is 0 Å². The van der Waals surface area contributed by atoms with Crippen molar-refractivity contribution in [2.75, 3.05) is 5.32 Å². The highest BCUT2D eigenvalue weighted by atomic mass is 32.2. The first-order valence-corrected chi connectivity index (χ1v) is 8.08. The zero-order valence-electron chi connectivity index (χ0n) is 11.5. The van der Waals surface area contributed by atoms with Crippen LogP contribution >= 0.6 is 23.1 Å². The highest BCUT2D eigenvalue weighted by Crippen LogP contribution is 2.33. The van der Waals surface area contributed by atoms with Crippen LogP contribution in [0.15, 0.2) is 51.7 Å². The van der Waals surface area contributed by atoms with Crippen LogP contribution in [0.1, 0.15) is 5.69 Å². The minimum absolute atomic E-state index is 0.0234. The van der Waals surface area contributed by atoms with Gasteiger partial charge in [0.05, 0.1) is 10.6 Å². The minimum Gasteiger partial charge on any atom is -0.316 e. The number of aromatic nitrogens is 2. The number of nitrogens with zero attached hydrogens (tertiary/aromatic N) is 2. The number of hydrogen-bond acceptors (Lipinski definition) is 5. The molecule has 0 aliphatic heterocycles. The van der Waals surface area contributed by atoms with Crippen molar-refractivity contribution in [1.82, 2.24) is 9.97 Å². The number of pyridine rings is 1. The molecule has 0 saturated heterocycles. The zero-order valence-corrected chi connectivity index (χ0v) is 13.1. The maximum atomic E-state index is 13.7. The summed E-state index contributed by atoms with van der Waals surface area (Å²) in [6.07, 6.45) is 1.59. The molecule has 0 atom stereocenters. The number of nitrogens with one attached hydrogen (secondary N) is 1. The van der Waals surface area contributed by atoms with Gasteiger partial charge >= 0.3 is 0 Å². The molecule has 0 radical (unpaired) electrons. The number of rotatable bonds is 4. The second kappa shape index (κ2) is 6.41. The smallest absolute Gasteiger partial charge is 0.188 e. The molecule has 2 heterocycles. The van der Waals surface area contributed by atoms with Crippen molar-refractivity contribution in [2.45, 2.75) is 16.7 Å². The largest absolute Gasteiger partial charge is 0.316 e. The predicted molar refractivity (Wildman–Crippen MR) is 84.9 cm³/mol. The molecule has 1 aromatic carbocycles. The van der Waals surface area contributed by atoms with Crippen LogP contribution in [0.2, 0.25) is 0 Å². The number of thiazole rings is 1. The van der Waals surface area contributed by atoms with E-state index in [1.807, 2.05) is 12.3 Å². The molecular formula is C15H11F2N3S2. The van der Waals surface area contributed by atoms with Gasteiger partial charge < -0.3 is 5.32 Å². The van der Waals surface area contributed by atoms with Gasteiger partial charge in [-0.05, 0) is 31.2 Å². The van der Waals surface area contributed by atoms with Crippen LogP contribution in [0, 0.1) is 18.6 Å². The Hall–Kier alpha value is -1.99. The molecule has 0 unspecified atom stereocenters. The van der Waals surface area contributed by atoms with E-state index in [1.165, 1.54) is 29.5 Å². The molecule has 0 spiro atoms. The lowest BCUT2D eigenvalue weighted by atomic mass is 10.3. The van der Waals surface area contributed by atoms with Crippen LogP contribution in [0.3, 0.4) is 0 Å². The summed E-state index contributed by atoms with van der Waals surface area (Å²) in [5.74, 6) is -0.574. The van der Waals surface area contributed by atoms with Crippen molar-refractivity contribution in [2.24, 2.45) is 0 Å². The first-order valence-electron chi connectivity index (χ1n) is 6.39. The van der Waals surface area contributed by atoms with E-state index >= 15 is 0 Å². The van der Waals surface area contributed by atoms with E-state index in [0.717, 1.165) is 22.6 Å². The van der Waals surface area contributed by atoms with Gasteiger partial charge in [-0.25, -0.2) is 18.7 Å². The molecule has 2 aromatic heterocycles. The first kappa shape index (κ1) is 14.9. The molecule has 0 amide bonds. The standard InChI is InChI=1S/C15H11F2N3S2/c1-9-8-21-15(19-9)20-13-7-10(5-6-18-13)22-14-11(16)3-2-4-12(14)17/h2-8H,1H3,(H,18,19,20). The molecule has 0 aliphatic rings. The summed E-state index contributed by atoms with van der Waals surface area (Å²) in [7, 11) is 0. The lowest BCUT2D eigenvalue weighted by molar-refractivity contribution is 0.540. The number of benzene rings is 1. The van der Waals surface area contributed by atoms with Gasteiger partial charge in [0.2, 0.25) is 0 Å². The van der Waals surface area contributed by atoms with Crippen molar-refractivity contribution < 1.29 is 8.78 Å². The fourth-order valence-corrected chi connectivity index (χ4v) is 3.32. The topological polar surface area (TPSA) is 37.8 Å². The van der Waals surface area contributed by atoms with E-state index in [4.69, 9.17) is 0 Å². The summed E-state index contributed by atoms with van der Waals surface area (Å²) >= 11 is 2.49. The number of halogens is 2. The normalized spacial score (nSPS) is 10.7. The monoisotopic (exact) mass is 335 g/mol.